The lowest BCUT2D eigenvalue weighted by Gasteiger charge is -2.38. The van der Waals surface area contributed by atoms with Crippen molar-refractivity contribution in [3.05, 3.63) is 28.8 Å². The maximum Gasteiger partial charge on any atom is 0.337 e. The van der Waals surface area contributed by atoms with Gasteiger partial charge in [-0.25, -0.2) is 4.79 Å². The minimum Gasteiger partial charge on any atom is -0.478 e. The fourth-order valence-corrected chi connectivity index (χ4v) is 3.36. The Bertz CT molecular complexity index is 506. The van der Waals surface area contributed by atoms with Crippen LogP contribution in [0.1, 0.15) is 23.2 Å². The zero-order chi connectivity index (χ0) is 13.4. The highest BCUT2D eigenvalue weighted by atomic mass is 35.5. The van der Waals surface area contributed by atoms with Crippen LogP contribution in [-0.2, 0) is 0 Å². The normalized spacial score (nSPS) is 23.4. The predicted molar refractivity (Wildman–Crippen MR) is 75.2 cm³/mol. The molecule has 5 heteroatoms. The molecular formula is C14H17ClN2O2. The Balaban J connectivity index is 1.79. The second kappa shape index (κ2) is 5.02. The maximum atomic E-state index is 11.0. The Hall–Kier alpha value is -1.26. The van der Waals surface area contributed by atoms with Gasteiger partial charge in [-0.1, -0.05) is 11.6 Å². The quantitative estimate of drug-likeness (QED) is 0.903. The van der Waals surface area contributed by atoms with Crippen molar-refractivity contribution in [2.75, 3.05) is 31.1 Å². The lowest BCUT2D eigenvalue weighted by atomic mass is 10.1. The molecule has 1 aromatic rings. The summed E-state index contributed by atoms with van der Waals surface area (Å²) in [5, 5.41) is 9.30. The molecule has 1 unspecified atom stereocenters. The lowest BCUT2D eigenvalue weighted by Crippen LogP contribution is -2.50. The second-order valence-electron chi connectivity index (χ2n) is 5.25. The molecule has 2 saturated heterocycles. The molecule has 3 rings (SSSR count). The van der Waals surface area contributed by atoms with Gasteiger partial charge < -0.3 is 10.0 Å². The summed E-state index contributed by atoms with van der Waals surface area (Å²) in [6, 6.07) is 5.88. The number of carbonyl (C=O) groups is 1. The summed E-state index contributed by atoms with van der Waals surface area (Å²) in [5.41, 5.74) is 1.20. The molecule has 4 nitrogen and oxygen atoms in total. The van der Waals surface area contributed by atoms with Gasteiger partial charge in [-0.2, -0.15) is 0 Å². The van der Waals surface area contributed by atoms with Crippen LogP contribution in [0, 0.1) is 0 Å². The highest BCUT2D eigenvalue weighted by molar-refractivity contribution is 6.33. The second-order valence-corrected chi connectivity index (χ2v) is 5.65. The Morgan fingerprint density at radius 2 is 2.16 bits per heavy atom. The van der Waals surface area contributed by atoms with Crippen molar-refractivity contribution in [1.29, 1.82) is 0 Å². The van der Waals surface area contributed by atoms with E-state index in [-0.39, 0.29) is 5.56 Å². The maximum absolute atomic E-state index is 11.0. The largest absolute Gasteiger partial charge is 0.478 e. The van der Waals surface area contributed by atoms with Crippen LogP contribution in [0.5, 0.6) is 0 Å². The Labute approximate surface area is 117 Å². The van der Waals surface area contributed by atoms with Gasteiger partial charge in [0.1, 0.15) is 0 Å². The average molecular weight is 281 g/mol. The molecule has 2 aliphatic heterocycles. The van der Waals surface area contributed by atoms with Crippen LogP contribution >= 0.6 is 11.6 Å². The molecule has 0 saturated carbocycles. The molecule has 0 aliphatic carbocycles. The summed E-state index contributed by atoms with van der Waals surface area (Å²) in [4.78, 5) is 15.8. The van der Waals surface area contributed by atoms with E-state index in [4.69, 9.17) is 16.7 Å². The summed E-state index contributed by atoms with van der Waals surface area (Å²) < 4.78 is 0. The Morgan fingerprint density at radius 3 is 2.89 bits per heavy atom. The topological polar surface area (TPSA) is 43.8 Å². The molecule has 1 atom stereocenters. The van der Waals surface area contributed by atoms with Crippen LogP contribution in [0.4, 0.5) is 5.69 Å². The van der Waals surface area contributed by atoms with Crippen LogP contribution in [0.15, 0.2) is 18.2 Å². The van der Waals surface area contributed by atoms with Crippen molar-refractivity contribution in [3.63, 3.8) is 0 Å². The number of hydrogen-bond donors (Lipinski definition) is 1. The van der Waals surface area contributed by atoms with E-state index in [0.717, 1.165) is 25.3 Å². The van der Waals surface area contributed by atoms with E-state index in [1.165, 1.54) is 19.4 Å². The van der Waals surface area contributed by atoms with Crippen LogP contribution in [-0.4, -0.2) is 48.2 Å². The van der Waals surface area contributed by atoms with Crippen molar-refractivity contribution in [1.82, 2.24) is 4.90 Å². The first-order valence-corrected chi connectivity index (χ1v) is 7.05. The van der Waals surface area contributed by atoms with Crippen LogP contribution in [0.25, 0.3) is 0 Å². The van der Waals surface area contributed by atoms with E-state index >= 15 is 0 Å². The highest BCUT2D eigenvalue weighted by Crippen LogP contribution is 2.28. The third kappa shape index (κ3) is 2.42. The number of carboxylic acids is 1. The number of anilines is 1. The number of benzene rings is 1. The van der Waals surface area contributed by atoms with Crippen molar-refractivity contribution < 1.29 is 9.90 Å². The number of halogens is 1. The van der Waals surface area contributed by atoms with Gasteiger partial charge in [-0.05, 0) is 37.6 Å². The molecule has 19 heavy (non-hydrogen) atoms. The molecule has 0 amide bonds. The number of nitrogens with zero attached hydrogens (tertiary/aromatic N) is 2. The number of hydrogen-bond acceptors (Lipinski definition) is 3. The highest BCUT2D eigenvalue weighted by Gasteiger charge is 2.30. The minimum absolute atomic E-state index is 0.171. The van der Waals surface area contributed by atoms with Crippen LogP contribution < -0.4 is 4.90 Å². The molecule has 2 heterocycles. The molecule has 0 spiro atoms. The number of carboxylic acid groups (broad SMARTS) is 1. The Morgan fingerprint density at radius 1 is 1.32 bits per heavy atom. The van der Waals surface area contributed by atoms with Crippen molar-refractivity contribution >= 4 is 23.3 Å². The summed E-state index contributed by atoms with van der Waals surface area (Å²) in [6.07, 6.45) is 2.55. The third-order valence-corrected chi connectivity index (χ3v) is 4.45. The van der Waals surface area contributed by atoms with Crippen LogP contribution in [0.3, 0.4) is 0 Å². The van der Waals surface area contributed by atoms with E-state index in [1.807, 2.05) is 6.07 Å². The van der Waals surface area contributed by atoms with E-state index in [9.17, 15) is 4.79 Å². The molecule has 1 aromatic carbocycles. The molecule has 2 aliphatic rings. The minimum atomic E-state index is -0.975. The van der Waals surface area contributed by atoms with Gasteiger partial charge in [-0.15, -0.1) is 0 Å². The fourth-order valence-electron chi connectivity index (χ4n) is 3.10. The van der Waals surface area contributed by atoms with E-state index in [0.29, 0.717) is 11.1 Å². The number of fused-ring (bicyclic) bond motifs is 1. The van der Waals surface area contributed by atoms with Crippen molar-refractivity contribution in [2.45, 2.75) is 18.9 Å². The Kier molecular flexibility index (Phi) is 3.37. The number of piperazine rings is 1. The number of aromatic carboxylic acids is 1. The first-order chi connectivity index (χ1) is 9.15. The first-order valence-electron chi connectivity index (χ1n) is 6.67. The summed E-state index contributed by atoms with van der Waals surface area (Å²) in [6.45, 7) is 4.31. The standard InChI is InChI=1S/C14H17ClN2O2/c15-13-8-10(3-4-12(13)14(18)19)17-7-6-16-5-1-2-11(16)9-17/h3-4,8,11H,1-2,5-7,9H2,(H,18,19). The predicted octanol–water partition coefficient (Wildman–Crippen LogP) is 2.32. The van der Waals surface area contributed by atoms with Gasteiger partial charge in [0, 0.05) is 31.4 Å². The molecule has 0 bridgehead atoms. The van der Waals surface area contributed by atoms with Gasteiger partial charge >= 0.3 is 5.97 Å². The van der Waals surface area contributed by atoms with Gasteiger partial charge in [0.15, 0.2) is 0 Å². The van der Waals surface area contributed by atoms with Gasteiger partial charge in [0.2, 0.25) is 0 Å². The third-order valence-electron chi connectivity index (χ3n) is 4.14. The van der Waals surface area contributed by atoms with Gasteiger partial charge in [-0.3, -0.25) is 4.90 Å². The monoisotopic (exact) mass is 280 g/mol. The molecule has 1 N–H and O–H groups in total. The summed E-state index contributed by atoms with van der Waals surface area (Å²) >= 11 is 6.04. The zero-order valence-corrected chi connectivity index (χ0v) is 11.4. The summed E-state index contributed by atoms with van der Waals surface area (Å²) in [7, 11) is 0. The average Bonchev–Trinajstić information content (AvgIpc) is 2.85. The SMILES string of the molecule is O=C(O)c1ccc(N2CCN3CCCC3C2)cc1Cl. The van der Waals surface area contributed by atoms with Crippen molar-refractivity contribution in [3.8, 4) is 0 Å². The van der Waals surface area contributed by atoms with Crippen molar-refractivity contribution in [2.24, 2.45) is 0 Å². The summed E-state index contributed by atoms with van der Waals surface area (Å²) in [5.74, 6) is -0.975. The molecular weight excluding hydrogens is 264 g/mol. The van der Waals surface area contributed by atoms with Crippen LogP contribution in [0.2, 0.25) is 5.02 Å². The first kappa shape index (κ1) is 12.8. The number of rotatable bonds is 2. The fraction of sp³-hybridized carbons (Fsp3) is 0.500. The van der Waals surface area contributed by atoms with Gasteiger partial charge in [0.05, 0.1) is 10.6 Å². The molecule has 2 fully saturated rings. The zero-order valence-electron chi connectivity index (χ0n) is 10.7. The molecule has 0 aromatic heterocycles. The van der Waals surface area contributed by atoms with E-state index in [2.05, 4.69) is 9.80 Å². The van der Waals surface area contributed by atoms with Gasteiger partial charge in [0.25, 0.3) is 0 Å². The van der Waals surface area contributed by atoms with E-state index < -0.39 is 5.97 Å². The smallest absolute Gasteiger partial charge is 0.337 e. The van der Waals surface area contributed by atoms with E-state index in [1.54, 1.807) is 12.1 Å². The molecule has 0 radical (unpaired) electrons. The molecule has 102 valence electrons. The lowest BCUT2D eigenvalue weighted by molar-refractivity contribution is 0.0697.